The first-order valence-electron chi connectivity index (χ1n) is 9.66. The minimum absolute atomic E-state index is 0.0694. The zero-order chi connectivity index (χ0) is 18.4. The van der Waals surface area contributed by atoms with E-state index in [0.717, 1.165) is 13.1 Å². The number of amides is 2. The molecule has 142 valence electrons. The lowest BCUT2D eigenvalue weighted by molar-refractivity contribution is -0.134. The standard InChI is InChI=1S/C20H28ClN3O2/c21-17-8-4-5-9-18(17)22-19(25)15-23-10-12-24(13-11-23)20(26)14-16-6-2-1-3-7-16/h4-5,8-9,16H,1-3,6-7,10-15H2,(H,22,25). The Kier molecular flexibility index (Phi) is 6.92. The molecule has 1 heterocycles. The molecule has 1 aliphatic carbocycles. The summed E-state index contributed by atoms with van der Waals surface area (Å²) >= 11 is 6.07. The number of nitrogens with one attached hydrogen (secondary N) is 1. The van der Waals surface area contributed by atoms with E-state index in [0.29, 0.717) is 42.7 Å². The van der Waals surface area contributed by atoms with Gasteiger partial charge in [-0.25, -0.2) is 0 Å². The molecule has 26 heavy (non-hydrogen) atoms. The first kappa shape index (κ1) is 19.2. The molecule has 1 aliphatic heterocycles. The Bertz CT molecular complexity index is 623. The molecule has 1 saturated carbocycles. The Morgan fingerprint density at radius 3 is 2.42 bits per heavy atom. The van der Waals surface area contributed by atoms with E-state index < -0.39 is 0 Å². The van der Waals surface area contributed by atoms with Gasteiger partial charge in [-0.15, -0.1) is 0 Å². The van der Waals surface area contributed by atoms with Crippen molar-refractivity contribution >= 4 is 29.1 Å². The number of anilines is 1. The number of halogens is 1. The molecule has 5 nitrogen and oxygen atoms in total. The lowest BCUT2D eigenvalue weighted by atomic mass is 9.86. The van der Waals surface area contributed by atoms with E-state index in [9.17, 15) is 9.59 Å². The molecule has 2 amide bonds. The smallest absolute Gasteiger partial charge is 0.238 e. The molecule has 2 aliphatic rings. The van der Waals surface area contributed by atoms with E-state index in [1.807, 2.05) is 17.0 Å². The van der Waals surface area contributed by atoms with Crippen LogP contribution in [0.1, 0.15) is 38.5 Å². The third-order valence-electron chi connectivity index (χ3n) is 5.43. The summed E-state index contributed by atoms with van der Waals surface area (Å²) in [5, 5.41) is 3.39. The van der Waals surface area contributed by atoms with E-state index in [2.05, 4.69) is 10.2 Å². The number of piperazine rings is 1. The number of nitrogens with zero attached hydrogens (tertiary/aromatic N) is 2. The zero-order valence-electron chi connectivity index (χ0n) is 15.3. The summed E-state index contributed by atoms with van der Waals surface area (Å²) in [5.74, 6) is 0.799. The van der Waals surface area contributed by atoms with Crippen LogP contribution in [0.2, 0.25) is 5.02 Å². The van der Waals surface area contributed by atoms with Crippen molar-refractivity contribution in [3.05, 3.63) is 29.3 Å². The van der Waals surface area contributed by atoms with Crippen molar-refractivity contribution in [1.29, 1.82) is 0 Å². The first-order chi connectivity index (χ1) is 12.6. The zero-order valence-corrected chi connectivity index (χ0v) is 16.0. The molecule has 0 aromatic heterocycles. The second-order valence-corrected chi connectivity index (χ2v) is 7.80. The van der Waals surface area contributed by atoms with Crippen LogP contribution in [0.25, 0.3) is 0 Å². The van der Waals surface area contributed by atoms with Gasteiger partial charge in [-0.3, -0.25) is 14.5 Å². The van der Waals surface area contributed by atoms with E-state index in [-0.39, 0.29) is 11.8 Å². The van der Waals surface area contributed by atoms with E-state index >= 15 is 0 Å². The topological polar surface area (TPSA) is 52.7 Å². The molecule has 3 rings (SSSR count). The second kappa shape index (κ2) is 9.38. The fourth-order valence-electron chi connectivity index (χ4n) is 3.88. The van der Waals surface area contributed by atoms with Gasteiger partial charge in [0.25, 0.3) is 0 Å². The number of hydrogen-bond donors (Lipinski definition) is 1. The summed E-state index contributed by atoms with van der Waals surface area (Å²) in [7, 11) is 0. The van der Waals surface area contributed by atoms with Crippen molar-refractivity contribution < 1.29 is 9.59 Å². The van der Waals surface area contributed by atoms with Crippen LogP contribution >= 0.6 is 11.6 Å². The Balaban J connectivity index is 1.39. The molecule has 0 bridgehead atoms. The van der Waals surface area contributed by atoms with Crippen LogP contribution in [-0.4, -0.2) is 54.3 Å². The van der Waals surface area contributed by atoms with Crippen molar-refractivity contribution in [3.63, 3.8) is 0 Å². The molecule has 0 atom stereocenters. The molecular weight excluding hydrogens is 350 g/mol. The van der Waals surface area contributed by atoms with Crippen molar-refractivity contribution in [2.75, 3.05) is 38.0 Å². The van der Waals surface area contributed by atoms with Gasteiger partial charge in [-0.05, 0) is 30.9 Å². The third-order valence-corrected chi connectivity index (χ3v) is 5.76. The van der Waals surface area contributed by atoms with Gasteiger partial charge in [0.05, 0.1) is 17.3 Å². The normalized spacial score (nSPS) is 19.3. The van der Waals surface area contributed by atoms with Gasteiger partial charge in [-0.2, -0.15) is 0 Å². The third kappa shape index (κ3) is 5.45. The molecule has 6 heteroatoms. The van der Waals surface area contributed by atoms with Gasteiger partial charge >= 0.3 is 0 Å². The minimum Gasteiger partial charge on any atom is -0.340 e. The predicted octanol–water partition coefficient (Wildman–Crippen LogP) is 3.39. The molecule has 1 aromatic carbocycles. The average molecular weight is 378 g/mol. The number of para-hydroxylation sites is 1. The van der Waals surface area contributed by atoms with Gasteiger partial charge in [0.2, 0.25) is 11.8 Å². The minimum atomic E-state index is -0.0694. The number of hydrogen-bond acceptors (Lipinski definition) is 3. The molecule has 0 unspecified atom stereocenters. The van der Waals surface area contributed by atoms with Crippen molar-refractivity contribution in [1.82, 2.24) is 9.80 Å². The van der Waals surface area contributed by atoms with Crippen LogP contribution in [0.5, 0.6) is 0 Å². The monoisotopic (exact) mass is 377 g/mol. The van der Waals surface area contributed by atoms with Crippen LogP contribution < -0.4 is 5.32 Å². The Hall–Kier alpha value is -1.59. The Labute approximate surface area is 160 Å². The van der Waals surface area contributed by atoms with E-state index in [1.165, 1.54) is 32.1 Å². The Morgan fingerprint density at radius 2 is 1.73 bits per heavy atom. The fraction of sp³-hybridized carbons (Fsp3) is 0.600. The quantitative estimate of drug-likeness (QED) is 0.855. The van der Waals surface area contributed by atoms with E-state index in [1.54, 1.807) is 12.1 Å². The summed E-state index contributed by atoms with van der Waals surface area (Å²) in [6.07, 6.45) is 6.97. The van der Waals surface area contributed by atoms with Crippen LogP contribution in [0.4, 0.5) is 5.69 Å². The highest BCUT2D eigenvalue weighted by Gasteiger charge is 2.25. The van der Waals surface area contributed by atoms with Gasteiger partial charge in [0.1, 0.15) is 0 Å². The van der Waals surface area contributed by atoms with Crippen molar-refractivity contribution in [2.24, 2.45) is 5.92 Å². The molecule has 0 spiro atoms. The van der Waals surface area contributed by atoms with Gasteiger partial charge in [0.15, 0.2) is 0 Å². The van der Waals surface area contributed by atoms with Gasteiger partial charge < -0.3 is 10.2 Å². The highest BCUT2D eigenvalue weighted by atomic mass is 35.5. The molecule has 2 fully saturated rings. The fourth-order valence-corrected chi connectivity index (χ4v) is 4.06. The highest BCUT2D eigenvalue weighted by molar-refractivity contribution is 6.33. The summed E-state index contributed by atoms with van der Waals surface area (Å²) in [4.78, 5) is 28.8. The van der Waals surface area contributed by atoms with Crippen LogP contribution in [0, 0.1) is 5.92 Å². The molecular formula is C20H28ClN3O2. The SMILES string of the molecule is O=C(CN1CCN(C(=O)CC2CCCCC2)CC1)Nc1ccccc1Cl. The first-order valence-corrected chi connectivity index (χ1v) is 10.0. The number of carbonyl (C=O) groups excluding carboxylic acids is 2. The maximum Gasteiger partial charge on any atom is 0.238 e. The number of carbonyl (C=O) groups is 2. The maximum atomic E-state index is 12.5. The van der Waals surface area contributed by atoms with Crippen molar-refractivity contribution in [2.45, 2.75) is 38.5 Å². The number of rotatable bonds is 5. The number of benzene rings is 1. The average Bonchev–Trinajstić information content (AvgIpc) is 2.65. The molecule has 0 radical (unpaired) electrons. The van der Waals surface area contributed by atoms with Gasteiger partial charge in [0, 0.05) is 32.6 Å². The van der Waals surface area contributed by atoms with Gasteiger partial charge in [-0.1, -0.05) is 43.0 Å². The Morgan fingerprint density at radius 1 is 1.04 bits per heavy atom. The van der Waals surface area contributed by atoms with Crippen LogP contribution in [0.3, 0.4) is 0 Å². The summed E-state index contributed by atoms with van der Waals surface area (Å²) in [6.45, 7) is 3.24. The van der Waals surface area contributed by atoms with Crippen molar-refractivity contribution in [3.8, 4) is 0 Å². The second-order valence-electron chi connectivity index (χ2n) is 7.39. The molecule has 1 aromatic rings. The van der Waals surface area contributed by atoms with Crippen LogP contribution in [-0.2, 0) is 9.59 Å². The summed E-state index contributed by atoms with van der Waals surface area (Å²) in [6, 6.07) is 7.23. The maximum absolute atomic E-state index is 12.5. The summed E-state index contributed by atoms with van der Waals surface area (Å²) < 4.78 is 0. The van der Waals surface area contributed by atoms with E-state index in [4.69, 9.17) is 11.6 Å². The lowest BCUT2D eigenvalue weighted by Crippen LogP contribution is -2.50. The van der Waals surface area contributed by atoms with Crippen LogP contribution in [0.15, 0.2) is 24.3 Å². The largest absolute Gasteiger partial charge is 0.340 e. The lowest BCUT2D eigenvalue weighted by Gasteiger charge is -2.35. The molecule has 1 saturated heterocycles. The predicted molar refractivity (Wildman–Crippen MR) is 104 cm³/mol. The summed E-state index contributed by atoms with van der Waals surface area (Å²) in [5.41, 5.74) is 0.639. The highest BCUT2D eigenvalue weighted by Crippen LogP contribution is 2.27. The molecule has 1 N–H and O–H groups in total.